The third-order valence-corrected chi connectivity index (χ3v) is 3.17. The molecule has 0 aliphatic carbocycles. The highest BCUT2D eigenvalue weighted by Gasteiger charge is 2.14. The zero-order valence-electron chi connectivity index (χ0n) is 7.47. The second kappa shape index (κ2) is 4.73. The van der Waals surface area contributed by atoms with Crippen LogP contribution in [0.3, 0.4) is 0 Å². The molecule has 1 aromatic heterocycles. The van der Waals surface area contributed by atoms with Crippen molar-refractivity contribution in [3.05, 3.63) is 23.4 Å². The minimum absolute atomic E-state index is 0.0652. The molecule has 0 saturated heterocycles. The summed E-state index contributed by atoms with van der Waals surface area (Å²) in [7, 11) is -3.62. The summed E-state index contributed by atoms with van der Waals surface area (Å²) in [5, 5.41) is 0.212. The number of pyridine rings is 1. The molecule has 1 heterocycles. The summed E-state index contributed by atoms with van der Waals surface area (Å²) in [4.78, 5) is 3.65. The molecule has 0 aliphatic rings. The Balaban J connectivity index is 2.87. The molecular formula is C7H8ClN3O2S2. The lowest BCUT2D eigenvalue weighted by Gasteiger charge is -2.06. The fourth-order valence-electron chi connectivity index (χ4n) is 0.831. The molecule has 0 aromatic carbocycles. The maximum absolute atomic E-state index is 11.4. The molecule has 5 nitrogen and oxygen atoms in total. The Morgan fingerprint density at radius 1 is 1.67 bits per heavy atom. The molecular weight excluding hydrogens is 258 g/mol. The number of hydrogen-bond donors (Lipinski definition) is 2. The van der Waals surface area contributed by atoms with E-state index < -0.39 is 15.8 Å². The van der Waals surface area contributed by atoms with Crippen molar-refractivity contribution in [1.29, 1.82) is 0 Å². The van der Waals surface area contributed by atoms with Crippen molar-refractivity contribution in [1.82, 2.24) is 4.98 Å². The van der Waals surface area contributed by atoms with Gasteiger partial charge in [0.25, 0.3) is 0 Å². The van der Waals surface area contributed by atoms with Crippen LogP contribution >= 0.6 is 23.8 Å². The van der Waals surface area contributed by atoms with Crippen LogP contribution in [0.15, 0.2) is 18.3 Å². The van der Waals surface area contributed by atoms with Crippen LogP contribution in [0.25, 0.3) is 0 Å². The smallest absolute Gasteiger partial charge is 0.240 e. The molecule has 0 saturated carbocycles. The topological polar surface area (TPSA) is 85.1 Å². The molecule has 0 spiro atoms. The van der Waals surface area contributed by atoms with E-state index in [4.69, 9.17) is 17.3 Å². The first-order valence-electron chi connectivity index (χ1n) is 3.80. The second-order valence-corrected chi connectivity index (χ2v) is 5.32. The highest BCUT2D eigenvalue weighted by atomic mass is 35.5. The van der Waals surface area contributed by atoms with Gasteiger partial charge in [-0.15, -0.1) is 0 Å². The molecule has 82 valence electrons. The van der Waals surface area contributed by atoms with Crippen molar-refractivity contribution in [3.8, 4) is 0 Å². The van der Waals surface area contributed by atoms with Gasteiger partial charge < -0.3 is 5.73 Å². The summed E-state index contributed by atoms with van der Waals surface area (Å²) < 4.78 is 25.0. The van der Waals surface area contributed by atoms with Gasteiger partial charge >= 0.3 is 0 Å². The SMILES string of the molecule is NC(=S)CS(=O)(=O)Nc1ncccc1Cl. The molecule has 0 amide bonds. The summed E-state index contributed by atoms with van der Waals surface area (Å²) in [5.74, 6) is -0.370. The molecule has 0 fully saturated rings. The molecule has 15 heavy (non-hydrogen) atoms. The molecule has 0 bridgehead atoms. The predicted molar refractivity (Wildman–Crippen MR) is 63.4 cm³/mol. The van der Waals surface area contributed by atoms with Gasteiger partial charge in [-0.2, -0.15) is 0 Å². The van der Waals surface area contributed by atoms with Gasteiger partial charge in [0.05, 0.1) is 10.0 Å². The van der Waals surface area contributed by atoms with E-state index in [0.29, 0.717) is 0 Å². The molecule has 0 aliphatic heterocycles. The standard InChI is InChI=1S/C7H8ClN3O2S2/c8-5-2-1-3-10-7(5)11-15(12,13)4-6(9)14/h1-3H,4H2,(H2,9,14)(H,10,11). The minimum Gasteiger partial charge on any atom is -0.392 e. The van der Waals surface area contributed by atoms with Crippen molar-refractivity contribution in [3.63, 3.8) is 0 Å². The predicted octanol–water partition coefficient (Wildman–Crippen LogP) is 0.763. The molecule has 0 atom stereocenters. The van der Waals surface area contributed by atoms with E-state index in [1.807, 2.05) is 0 Å². The van der Waals surface area contributed by atoms with Gasteiger partial charge in [0.15, 0.2) is 5.82 Å². The van der Waals surface area contributed by atoms with Crippen LogP contribution in [0.1, 0.15) is 0 Å². The molecule has 3 N–H and O–H groups in total. The highest BCUT2D eigenvalue weighted by Crippen LogP contribution is 2.18. The van der Waals surface area contributed by atoms with Crippen LogP contribution in [0.4, 0.5) is 5.82 Å². The van der Waals surface area contributed by atoms with E-state index in [1.165, 1.54) is 12.3 Å². The molecule has 0 radical (unpaired) electrons. The number of nitrogens with two attached hydrogens (primary N) is 1. The minimum atomic E-state index is -3.62. The summed E-state index contributed by atoms with van der Waals surface area (Å²) in [6, 6.07) is 3.11. The average molecular weight is 266 g/mol. The van der Waals surface area contributed by atoms with E-state index >= 15 is 0 Å². The fraction of sp³-hybridized carbons (Fsp3) is 0.143. The lowest BCUT2D eigenvalue weighted by molar-refractivity contribution is 0.604. The first-order valence-corrected chi connectivity index (χ1v) is 6.24. The Kier molecular flexibility index (Phi) is 3.83. The fourth-order valence-corrected chi connectivity index (χ4v) is 2.43. The van der Waals surface area contributed by atoms with Crippen LogP contribution < -0.4 is 10.5 Å². The Hall–Kier alpha value is -0.920. The lowest BCUT2D eigenvalue weighted by atomic mass is 10.5. The summed E-state index contributed by atoms with van der Waals surface area (Å²) in [6.07, 6.45) is 1.42. The lowest BCUT2D eigenvalue weighted by Crippen LogP contribution is -2.26. The zero-order valence-corrected chi connectivity index (χ0v) is 9.86. The third kappa shape index (κ3) is 3.98. The summed E-state index contributed by atoms with van der Waals surface area (Å²) in [6.45, 7) is 0. The quantitative estimate of drug-likeness (QED) is 0.785. The van der Waals surface area contributed by atoms with Gasteiger partial charge in [-0.25, -0.2) is 13.4 Å². The van der Waals surface area contributed by atoms with Crippen LogP contribution in [0.5, 0.6) is 0 Å². The number of nitrogens with one attached hydrogen (secondary N) is 1. The van der Waals surface area contributed by atoms with E-state index in [-0.39, 0.29) is 15.8 Å². The largest absolute Gasteiger partial charge is 0.392 e. The van der Waals surface area contributed by atoms with Crippen LogP contribution in [-0.4, -0.2) is 24.1 Å². The highest BCUT2D eigenvalue weighted by molar-refractivity contribution is 7.95. The number of nitrogens with zero attached hydrogens (tertiary/aromatic N) is 1. The van der Waals surface area contributed by atoms with Crippen LogP contribution in [0, 0.1) is 0 Å². The number of rotatable bonds is 4. The molecule has 1 aromatic rings. The van der Waals surface area contributed by atoms with Crippen molar-refractivity contribution in [2.45, 2.75) is 0 Å². The summed E-state index contributed by atoms with van der Waals surface area (Å²) in [5.41, 5.74) is 5.13. The Morgan fingerprint density at radius 3 is 2.87 bits per heavy atom. The normalized spacial score (nSPS) is 11.0. The van der Waals surface area contributed by atoms with Crippen LogP contribution in [0.2, 0.25) is 5.02 Å². The second-order valence-electron chi connectivity index (χ2n) is 2.66. The van der Waals surface area contributed by atoms with Crippen molar-refractivity contribution >= 4 is 44.6 Å². The Morgan fingerprint density at radius 2 is 2.33 bits per heavy atom. The van der Waals surface area contributed by atoms with E-state index in [9.17, 15) is 8.42 Å². The van der Waals surface area contributed by atoms with Gasteiger partial charge in [0.1, 0.15) is 5.75 Å². The van der Waals surface area contributed by atoms with E-state index in [1.54, 1.807) is 6.07 Å². The maximum Gasteiger partial charge on any atom is 0.240 e. The number of sulfonamides is 1. The van der Waals surface area contributed by atoms with Gasteiger partial charge in [0.2, 0.25) is 10.0 Å². The summed E-state index contributed by atoms with van der Waals surface area (Å²) >= 11 is 10.2. The van der Waals surface area contributed by atoms with Gasteiger partial charge in [-0.05, 0) is 12.1 Å². The molecule has 0 unspecified atom stereocenters. The van der Waals surface area contributed by atoms with Gasteiger partial charge in [-0.3, -0.25) is 4.72 Å². The van der Waals surface area contributed by atoms with Gasteiger partial charge in [0, 0.05) is 6.20 Å². The number of anilines is 1. The monoisotopic (exact) mass is 265 g/mol. The average Bonchev–Trinajstić information content (AvgIpc) is 2.06. The maximum atomic E-state index is 11.4. The third-order valence-electron chi connectivity index (χ3n) is 1.34. The van der Waals surface area contributed by atoms with Crippen LogP contribution in [-0.2, 0) is 10.0 Å². The van der Waals surface area contributed by atoms with Crippen molar-refractivity contribution in [2.24, 2.45) is 5.73 Å². The first kappa shape index (κ1) is 12.2. The molecule has 8 heteroatoms. The number of aromatic nitrogens is 1. The first-order chi connectivity index (χ1) is 6.91. The zero-order chi connectivity index (χ0) is 11.5. The Bertz CT molecular complexity index is 475. The number of thiocarbonyl (C=S) groups is 1. The van der Waals surface area contributed by atoms with E-state index in [2.05, 4.69) is 21.9 Å². The van der Waals surface area contributed by atoms with E-state index in [0.717, 1.165) is 0 Å². The Labute approximate surface area is 97.7 Å². The molecule has 1 rings (SSSR count). The number of hydrogen-bond acceptors (Lipinski definition) is 4. The number of halogens is 1. The van der Waals surface area contributed by atoms with Crippen molar-refractivity contribution in [2.75, 3.05) is 10.5 Å². The van der Waals surface area contributed by atoms with Crippen molar-refractivity contribution < 1.29 is 8.42 Å². The van der Waals surface area contributed by atoms with Gasteiger partial charge in [-0.1, -0.05) is 23.8 Å².